The number of hydrogen-bond donors (Lipinski definition) is 3. The van der Waals surface area contributed by atoms with Gasteiger partial charge in [-0.1, -0.05) is 290 Å². The molecule has 396 valence electrons. The summed E-state index contributed by atoms with van der Waals surface area (Å²) in [6.45, 7) is 4.92. The molecule has 8 nitrogen and oxygen atoms in total. The van der Waals surface area contributed by atoms with E-state index in [-0.39, 0.29) is 19.1 Å². The number of rotatable bonds is 55. The number of amides is 1. The minimum Gasteiger partial charge on any atom is -0.391 e. The zero-order valence-electron chi connectivity index (χ0n) is 45.2. The number of aliphatic hydroxyl groups excluding tert-OH is 1. The lowest BCUT2D eigenvalue weighted by Gasteiger charge is -2.26. The Morgan fingerprint density at radius 2 is 0.727 bits per heavy atom. The van der Waals surface area contributed by atoms with Gasteiger partial charge in [0.05, 0.1) is 39.9 Å². The van der Waals surface area contributed by atoms with Gasteiger partial charge in [0, 0.05) is 6.42 Å². The molecule has 0 saturated heterocycles. The van der Waals surface area contributed by atoms with Crippen LogP contribution in [0.15, 0.2) is 0 Å². The first-order valence-corrected chi connectivity index (χ1v) is 30.9. The van der Waals surface area contributed by atoms with Crippen LogP contribution in [0.1, 0.15) is 309 Å². The van der Waals surface area contributed by atoms with Crippen LogP contribution in [0, 0.1) is 0 Å². The van der Waals surface area contributed by atoms with E-state index in [1.54, 1.807) is 0 Å². The molecule has 0 rings (SSSR count). The Hall–Kier alpha value is -0.500. The summed E-state index contributed by atoms with van der Waals surface area (Å²) in [5.74, 6) is -0.140. The number of quaternary nitrogens is 1. The van der Waals surface area contributed by atoms with Gasteiger partial charge in [0.1, 0.15) is 13.2 Å². The lowest BCUT2D eigenvalue weighted by molar-refractivity contribution is -0.870. The molecular formula is C57H118N2O6P+. The number of carbonyl (C=O) groups is 1. The molecule has 0 bridgehead atoms. The molecular weight excluding hydrogens is 840 g/mol. The molecule has 1 amide bonds. The highest BCUT2D eigenvalue weighted by molar-refractivity contribution is 7.47. The largest absolute Gasteiger partial charge is 0.472 e. The van der Waals surface area contributed by atoms with E-state index in [2.05, 4.69) is 19.2 Å². The van der Waals surface area contributed by atoms with E-state index < -0.39 is 20.0 Å². The first-order chi connectivity index (χ1) is 32.0. The number of phosphoric ester groups is 1. The zero-order valence-corrected chi connectivity index (χ0v) is 46.1. The van der Waals surface area contributed by atoms with Gasteiger partial charge in [0.15, 0.2) is 0 Å². The Kier molecular flexibility index (Phi) is 49.1. The van der Waals surface area contributed by atoms with Crippen molar-refractivity contribution in [3.05, 3.63) is 0 Å². The summed E-state index contributed by atoms with van der Waals surface area (Å²) in [4.78, 5) is 23.2. The van der Waals surface area contributed by atoms with Crippen molar-refractivity contribution in [3.8, 4) is 0 Å². The van der Waals surface area contributed by atoms with Crippen molar-refractivity contribution >= 4 is 13.7 Å². The van der Waals surface area contributed by atoms with E-state index in [0.29, 0.717) is 23.9 Å². The van der Waals surface area contributed by atoms with Crippen LogP contribution in [0.4, 0.5) is 0 Å². The Balaban J connectivity index is 3.90. The quantitative estimate of drug-likeness (QED) is 0.0319. The third-order valence-corrected chi connectivity index (χ3v) is 14.8. The maximum atomic E-state index is 12.9. The van der Waals surface area contributed by atoms with Gasteiger partial charge < -0.3 is 19.8 Å². The van der Waals surface area contributed by atoms with Gasteiger partial charge in [-0.05, 0) is 12.8 Å². The molecule has 0 aliphatic heterocycles. The molecule has 0 spiro atoms. The number of hydrogen-bond acceptors (Lipinski definition) is 5. The SMILES string of the molecule is CCCCCCCCCCCCCCCCCCCCCCCCCCCCCCCCCCCC(O)C(COP(=O)(O)OCC[N+](C)(C)C)NC(=O)CCCCCCCCCCCCC. The summed E-state index contributed by atoms with van der Waals surface area (Å²) in [6, 6.07) is -0.754. The van der Waals surface area contributed by atoms with Crippen molar-refractivity contribution in [2.75, 3.05) is 40.9 Å². The molecule has 0 aliphatic rings. The lowest BCUT2D eigenvalue weighted by atomic mass is 10.0. The van der Waals surface area contributed by atoms with Crippen LogP contribution >= 0.6 is 7.82 Å². The monoisotopic (exact) mass is 958 g/mol. The molecule has 0 saturated carbocycles. The summed E-state index contributed by atoms with van der Waals surface area (Å²) in [6.07, 6.45) is 59.0. The molecule has 0 aromatic heterocycles. The van der Waals surface area contributed by atoms with Gasteiger partial charge in [-0.2, -0.15) is 0 Å². The fourth-order valence-corrected chi connectivity index (χ4v) is 9.96. The number of unbranched alkanes of at least 4 members (excludes halogenated alkanes) is 42. The second kappa shape index (κ2) is 49.5. The number of carbonyl (C=O) groups excluding carboxylic acids is 1. The maximum Gasteiger partial charge on any atom is 0.472 e. The molecule has 0 heterocycles. The van der Waals surface area contributed by atoms with E-state index >= 15 is 0 Å². The third-order valence-electron chi connectivity index (χ3n) is 13.9. The molecule has 0 aromatic carbocycles. The van der Waals surface area contributed by atoms with E-state index in [4.69, 9.17) is 9.05 Å². The van der Waals surface area contributed by atoms with Crippen molar-refractivity contribution in [1.29, 1.82) is 0 Å². The van der Waals surface area contributed by atoms with Gasteiger partial charge in [-0.15, -0.1) is 0 Å². The predicted octanol–water partition coefficient (Wildman–Crippen LogP) is 17.7. The van der Waals surface area contributed by atoms with E-state index in [0.717, 1.165) is 38.5 Å². The van der Waals surface area contributed by atoms with Gasteiger partial charge in [0.2, 0.25) is 5.91 Å². The number of nitrogens with one attached hydrogen (secondary N) is 1. The van der Waals surface area contributed by atoms with Crippen LogP contribution in [0.25, 0.3) is 0 Å². The molecule has 3 N–H and O–H groups in total. The van der Waals surface area contributed by atoms with Crippen LogP contribution < -0.4 is 5.32 Å². The second-order valence-electron chi connectivity index (χ2n) is 21.7. The van der Waals surface area contributed by atoms with Crippen molar-refractivity contribution in [3.63, 3.8) is 0 Å². The fourth-order valence-electron chi connectivity index (χ4n) is 9.23. The summed E-state index contributed by atoms with van der Waals surface area (Å²) in [5.41, 5.74) is 0. The third kappa shape index (κ3) is 51.4. The normalized spacial score (nSPS) is 13.9. The Morgan fingerprint density at radius 1 is 0.455 bits per heavy atom. The van der Waals surface area contributed by atoms with Gasteiger partial charge in [0.25, 0.3) is 0 Å². The predicted molar refractivity (Wildman–Crippen MR) is 286 cm³/mol. The molecule has 66 heavy (non-hydrogen) atoms. The number of nitrogens with zero attached hydrogens (tertiary/aromatic N) is 1. The first-order valence-electron chi connectivity index (χ1n) is 29.4. The summed E-state index contributed by atoms with van der Waals surface area (Å²) < 4.78 is 23.7. The highest BCUT2D eigenvalue weighted by Gasteiger charge is 2.28. The number of aliphatic hydroxyl groups is 1. The van der Waals surface area contributed by atoms with Crippen LogP contribution in [-0.2, 0) is 18.4 Å². The fraction of sp³-hybridized carbons (Fsp3) is 0.982. The number of likely N-dealkylation sites (N-methyl/N-ethyl adjacent to an activating group) is 1. The van der Waals surface area contributed by atoms with Crippen LogP contribution in [-0.4, -0.2) is 73.4 Å². The molecule has 0 fully saturated rings. The zero-order chi connectivity index (χ0) is 48.5. The van der Waals surface area contributed by atoms with Crippen LogP contribution in [0.3, 0.4) is 0 Å². The highest BCUT2D eigenvalue weighted by atomic mass is 31.2. The van der Waals surface area contributed by atoms with Crippen molar-refractivity contribution in [2.45, 2.75) is 321 Å². The highest BCUT2D eigenvalue weighted by Crippen LogP contribution is 2.43. The molecule has 0 aromatic rings. The summed E-state index contributed by atoms with van der Waals surface area (Å²) in [7, 11) is 1.63. The van der Waals surface area contributed by atoms with Gasteiger partial charge >= 0.3 is 7.82 Å². The van der Waals surface area contributed by atoms with Gasteiger partial charge in [-0.25, -0.2) is 4.57 Å². The maximum absolute atomic E-state index is 12.9. The molecule has 3 atom stereocenters. The minimum atomic E-state index is -4.31. The second-order valence-corrected chi connectivity index (χ2v) is 23.2. The smallest absolute Gasteiger partial charge is 0.391 e. The summed E-state index contributed by atoms with van der Waals surface area (Å²) in [5, 5.41) is 14.0. The molecule has 9 heteroatoms. The number of phosphoric acid groups is 1. The van der Waals surface area contributed by atoms with Crippen molar-refractivity contribution in [1.82, 2.24) is 5.32 Å². The lowest BCUT2D eigenvalue weighted by Crippen LogP contribution is -2.46. The minimum absolute atomic E-state index is 0.0788. The average Bonchev–Trinajstić information content (AvgIpc) is 3.28. The molecule has 0 aliphatic carbocycles. The average molecular weight is 959 g/mol. The van der Waals surface area contributed by atoms with E-state index in [9.17, 15) is 19.4 Å². The molecule has 0 radical (unpaired) electrons. The molecule has 3 unspecified atom stereocenters. The van der Waals surface area contributed by atoms with Crippen LogP contribution in [0.2, 0.25) is 0 Å². The summed E-state index contributed by atoms with van der Waals surface area (Å²) >= 11 is 0. The van der Waals surface area contributed by atoms with Crippen molar-refractivity contribution in [2.24, 2.45) is 0 Å². The van der Waals surface area contributed by atoms with Crippen molar-refractivity contribution < 1.29 is 32.9 Å². The first kappa shape index (κ1) is 65.5. The van der Waals surface area contributed by atoms with Crippen LogP contribution in [0.5, 0.6) is 0 Å². The Labute approximate surface area is 412 Å². The Morgan fingerprint density at radius 3 is 1.02 bits per heavy atom. The Bertz CT molecular complexity index is 1040. The van der Waals surface area contributed by atoms with E-state index in [1.165, 1.54) is 244 Å². The van der Waals surface area contributed by atoms with Gasteiger partial charge in [-0.3, -0.25) is 13.8 Å². The van der Waals surface area contributed by atoms with E-state index in [1.807, 2.05) is 21.1 Å². The topological polar surface area (TPSA) is 105 Å². The standard InChI is InChI=1S/C57H117N2O6P/c1-6-8-10-12-14-16-18-19-20-21-22-23-24-25-26-27-28-29-30-31-32-33-34-35-36-37-38-39-41-42-44-46-48-50-56(60)55(54-65-66(62,63)64-53-52-59(3,4)5)58-57(61)51-49-47-45-43-40-17-15-13-11-9-7-2/h55-56,60H,6-54H2,1-5H3,(H-,58,61,62,63)/p+1.